The number of carbonyl (C=O) groups is 2. The molecule has 0 bridgehead atoms. The van der Waals surface area contributed by atoms with Gasteiger partial charge in [-0.25, -0.2) is 4.68 Å². The standard InChI is InChI=1S/C16H16BrN3O3/c1-10-14(15(21)19-6-5-11(9-19)16(22)23)8-18-20(10)13-4-2-3-12(17)7-13/h2-4,7-8,11H,5-6,9H2,1H3,(H,22,23). The van der Waals surface area contributed by atoms with Gasteiger partial charge in [-0.15, -0.1) is 0 Å². The van der Waals surface area contributed by atoms with E-state index < -0.39 is 11.9 Å². The number of rotatable bonds is 3. The molecular formula is C16H16BrN3O3. The van der Waals surface area contributed by atoms with Crippen LogP contribution in [0.15, 0.2) is 34.9 Å². The smallest absolute Gasteiger partial charge is 0.308 e. The molecule has 1 unspecified atom stereocenters. The Morgan fingerprint density at radius 1 is 1.39 bits per heavy atom. The van der Waals surface area contributed by atoms with Crippen molar-refractivity contribution >= 4 is 27.8 Å². The van der Waals surface area contributed by atoms with E-state index in [4.69, 9.17) is 5.11 Å². The van der Waals surface area contributed by atoms with Crippen molar-refractivity contribution in [2.24, 2.45) is 5.92 Å². The van der Waals surface area contributed by atoms with Crippen LogP contribution in [0.1, 0.15) is 22.5 Å². The van der Waals surface area contributed by atoms with Crippen molar-refractivity contribution in [2.75, 3.05) is 13.1 Å². The molecule has 1 N–H and O–H groups in total. The van der Waals surface area contributed by atoms with E-state index in [1.807, 2.05) is 31.2 Å². The third-order valence-corrected chi connectivity index (χ3v) is 4.61. The van der Waals surface area contributed by atoms with Gasteiger partial charge in [0.1, 0.15) is 0 Å². The zero-order valence-electron chi connectivity index (χ0n) is 12.6. The molecule has 0 saturated carbocycles. The van der Waals surface area contributed by atoms with Gasteiger partial charge in [0.05, 0.1) is 29.1 Å². The maximum absolute atomic E-state index is 12.6. The van der Waals surface area contributed by atoms with Crippen LogP contribution in [0.4, 0.5) is 0 Å². The van der Waals surface area contributed by atoms with Gasteiger partial charge in [-0.3, -0.25) is 9.59 Å². The number of carbonyl (C=O) groups excluding carboxylic acids is 1. The first-order chi connectivity index (χ1) is 11.0. The summed E-state index contributed by atoms with van der Waals surface area (Å²) in [6, 6.07) is 7.66. The fourth-order valence-electron chi connectivity index (χ4n) is 2.80. The van der Waals surface area contributed by atoms with E-state index in [0.29, 0.717) is 18.5 Å². The van der Waals surface area contributed by atoms with Gasteiger partial charge in [-0.1, -0.05) is 22.0 Å². The molecular weight excluding hydrogens is 362 g/mol. The van der Waals surface area contributed by atoms with E-state index in [1.54, 1.807) is 15.8 Å². The lowest BCUT2D eigenvalue weighted by atomic mass is 10.1. The van der Waals surface area contributed by atoms with E-state index >= 15 is 0 Å². The van der Waals surface area contributed by atoms with Gasteiger partial charge in [-0.05, 0) is 31.5 Å². The number of hydrogen-bond acceptors (Lipinski definition) is 3. The molecule has 1 aliphatic rings. The molecule has 0 radical (unpaired) electrons. The average Bonchev–Trinajstić information content (AvgIpc) is 3.13. The lowest BCUT2D eigenvalue weighted by Gasteiger charge is -2.15. The van der Waals surface area contributed by atoms with Crippen LogP contribution < -0.4 is 0 Å². The van der Waals surface area contributed by atoms with Crippen LogP contribution in [0.5, 0.6) is 0 Å². The van der Waals surface area contributed by atoms with Gasteiger partial charge in [0.25, 0.3) is 5.91 Å². The van der Waals surface area contributed by atoms with Crippen LogP contribution in [0.3, 0.4) is 0 Å². The topological polar surface area (TPSA) is 75.4 Å². The Hall–Kier alpha value is -2.15. The van der Waals surface area contributed by atoms with Gasteiger partial charge in [0, 0.05) is 17.6 Å². The predicted octanol–water partition coefficient (Wildman–Crippen LogP) is 2.49. The van der Waals surface area contributed by atoms with Crippen LogP contribution >= 0.6 is 15.9 Å². The zero-order chi connectivity index (χ0) is 16.6. The molecule has 0 aliphatic carbocycles. The summed E-state index contributed by atoms with van der Waals surface area (Å²) in [6.07, 6.45) is 2.05. The second kappa shape index (κ2) is 6.16. The molecule has 1 atom stereocenters. The lowest BCUT2D eigenvalue weighted by molar-refractivity contribution is -0.141. The molecule has 3 rings (SSSR count). The number of aliphatic carboxylic acids is 1. The molecule has 1 saturated heterocycles. The van der Waals surface area contributed by atoms with Crippen molar-refractivity contribution in [2.45, 2.75) is 13.3 Å². The zero-order valence-corrected chi connectivity index (χ0v) is 14.2. The molecule has 2 heterocycles. The summed E-state index contributed by atoms with van der Waals surface area (Å²) in [5.74, 6) is -1.48. The molecule has 1 aliphatic heterocycles. The maximum atomic E-state index is 12.6. The monoisotopic (exact) mass is 377 g/mol. The van der Waals surface area contributed by atoms with Gasteiger partial charge in [0.15, 0.2) is 0 Å². The SMILES string of the molecule is Cc1c(C(=O)N2CCC(C(=O)O)C2)cnn1-c1cccc(Br)c1. The second-order valence-electron chi connectivity index (χ2n) is 5.61. The first-order valence-corrected chi connectivity index (χ1v) is 8.09. The molecule has 1 aromatic heterocycles. The number of amides is 1. The van der Waals surface area contributed by atoms with E-state index in [-0.39, 0.29) is 12.5 Å². The first kappa shape index (κ1) is 15.7. The molecule has 23 heavy (non-hydrogen) atoms. The van der Waals surface area contributed by atoms with Crippen LogP contribution in [0.2, 0.25) is 0 Å². The number of benzene rings is 1. The first-order valence-electron chi connectivity index (χ1n) is 7.30. The van der Waals surface area contributed by atoms with Crippen LogP contribution in [0, 0.1) is 12.8 Å². The van der Waals surface area contributed by atoms with E-state index in [1.165, 1.54) is 0 Å². The summed E-state index contributed by atoms with van der Waals surface area (Å²) < 4.78 is 2.64. The minimum atomic E-state index is -0.846. The number of likely N-dealkylation sites (tertiary alicyclic amines) is 1. The third kappa shape index (κ3) is 3.01. The molecule has 2 aromatic rings. The van der Waals surface area contributed by atoms with Crippen molar-refractivity contribution in [3.05, 3.63) is 46.2 Å². The number of aromatic nitrogens is 2. The minimum absolute atomic E-state index is 0.160. The number of carboxylic acid groups (broad SMARTS) is 1. The number of halogens is 1. The fraction of sp³-hybridized carbons (Fsp3) is 0.312. The highest BCUT2D eigenvalue weighted by molar-refractivity contribution is 9.10. The number of nitrogens with zero attached hydrogens (tertiary/aromatic N) is 3. The highest BCUT2D eigenvalue weighted by atomic mass is 79.9. The normalized spacial score (nSPS) is 17.5. The Kier molecular flexibility index (Phi) is 4.21. The Balaban J connectivity index is 1.85. The highest BCUT2D eigenvalue weighted by Gasteiger charge is 2.32. The Morgan fingerprint density at radius 3 is 2.83 bits per heavy atom. The number of hydrogen-bond donors (Lipinski definition) is 1. The molecule has 1 aromatic carbocycles. The number of carboxylic acids is 1. The van der Waals surface area contributed by atoms with Crippen LogP contribution in [0.25, 0.3) is 5.69 Å². The van der Waals surface area contributed by atoms with Crippen LogP contribution in [-0.4, -0.2) is 44.8 Å². The van der Waals surface area contributed by atoms with E-state index in [2.05, 4.69) is 21.0 Å². The molecule has 1 fully saturated rings. The summed E-state index contributed by atoms with van der Waals surface area (Å²) in [7, 11) is 0. The van der Waals surface area contributed by atoms with Gasteiger partial charge < -0.3 is 10.0 Å². The summed E-state index contributed by atoms with van der Waals surface area (Å²) >= 11 is 3.42. The lowest BCUT2D eigenvalue weighted by Crippen LogP contribution is -2.30. The molecule has 6 nitrogen and oxygen atoms in total. The second-order valence-corrected chi connectivity index (χ2v) is 6.53. The highest BCUT2D eigenvalue weighted by Crippen LogP contribution is 2.22. The third-order valence-electron chi connectivity index (χ3n) is 4.12. The minimum Gasteiger partial charge on any atom is -0.481 e. The van der Waals surface area contributed by atoms with Gasteiger partial charge in [0.2, 0.25) is 0 Å². The Labute approximate surface area is 141 Å². The molecule has 1 amide bonds. The van der Waals surface area contributed by atoms with Crippen molar-refractivity contribution in [3.8, 4) is 5.69 Å². The quantitative estimate of drug-likeness (QED) is 0.891. The summed E-state index contributed by atoms with van der Waals surface area (Å²) in [6.45, 7) is 2.57. The molecule has 120 valence electrons. The average molecular weight is 378 g/mol. The maximum Gasteiger partial charge on any atom is 0.308 e. The van der Waals surface area contributed by atoms with Crippen molar-refractivity contribution in [1.82, 2.24) is 14.7 Å². The van der Waals surface area contributed by atoms with E-state index in [9.17, 15) is 9.59 Å². The predicted molar refractivity (Wildman–Crippen MR) is 87.6 cm³/mol. The largest absolute Gasteiger partial charge is 0.481 e. The van der Waals surface area contributed by atoms with Gasteiger partial charge in [-0.2, -0.15) is 5.10 Å². The van der Waals surface area contributed by atoms with Crippen molar-refractivity contribution in [3.63, 3.8) is 0 Å². The van der Waals surface area contributed by atoms with Crippen LogP contribution in [-0.2, 0) is 4.79 Å². The Morgan fingerprint density at radius 2 is 2.17 bits per heavy atom. The summed E-state index contributed by atoms with van der Waals surface area (Å²) in [5.41, 5.74) is 2.11. The van der Waals surface area contributed by atoms with Gasteiger partial charge >= 0.3 is 5.97 Å². The van der Waals surface area contributed by atoms with Crippen molar-refractivity contribution in [1.29, 1.82) is 0 Å². The van der Waals surface area contributed by atoms with Crippen molar-refractivity contribution < 1.29 is 14.7 Å². The fourth-order valence-corrected chi connectivity index (χ4v) is 3.19. The summed E-state index contributed by atoms with van der Waals surface area (Å²) in [4.78, 5) is 25.2. The molecule has 7 heteroatoms. The Bertz CT molecular complexity index is 772. The summed E-state index contributed by atoms with van der Waals surface area (Å²) in [5, 5.41) is 13.4. The van der Waals surface area contributed by atoms with E-state index in [0.717, 1.165) is 15.9 Å². The molecule has 0 spiro atoms.